The van der Waals surface area contributed by atoms with Crippen LogP contribution in [-0.2, 0) is 10.0 Å². The maximum atomic E-state index is 13.2. The number of primary sulfonamides is 1. The van der Waals surface area contributed by atoms with Crippen LogP contribution in [0.4, 0.5) is 4.39 Å². The summed E-state index contributed by atoms with van der Waals surface area (Å²) in [4.78, 5) is 4.30. The molecule has 0 amide bonds. The van der Waals surface area contributed by atoms with Gasteiger partial charge in [0.05, 0.1) is 16.8 Å². The predicted molar refractivity (Wildman–Crippen MR) is 94.2 cm³/mol. The van der Waals surface area contributed by atoms with Gasteiger partial charge in [-0.2, -0.15) is 0 Å². The van der Waals surface area contributed by atoms with Crippen molar-refractivity contribution in [2.45, 2.75) is 24.2 Å². The van der Waals surface area contributed by atoms with Gasteiger partial charge in [0.25, 0.3) is 0 Å². The number of allylic oxidation sites excluding steroid dienone is 4. The summed E-state index contributed by atoms with van der Waals surface area (Å²) in [5.41, 5.74) is 3.61. The van der Waals surface area contributed by atoms with Gasteiger partial charge >= 0.3 is 0 Å². The molecule has 0 radical (unpaired) electrons. The van der Waals surface area contributed by atoms with Crippen LogP contribution >= 0.6 is 0 Å². The van der Waals surface area contributed by atoms with Crippen molar-refractivity contribution >= 4 is 21.2 Å². The molecule has 1 aromatic heterocycles. The summed E-state index contributed by atoms with van der Waals surface area (Å²) in [7, 11) is -3.72. The molecular weight excluding hydrogens is 339 g/mol. The second kappa shape index (κ2) is 5.61. The summed E-state index contributed by atoms with van der Waals surface area (Å²) in [6.07, 6.45) is 8.98. The van der Waals surface area contributed by atoms with Gasteiger partial charge in [0.2, 0.25) is 10.0 Å². The third kappa shape index (κ3) is 2.92. The standard InChI is InChI=1S/C19H17FN2O2S/c20-14-4-7-18(22-12-14)17-11-19(8-1-9-19)10-16(17)13-2-5-15(6-3-13)25(21,23)24/h2-7,10-12H,1,8-9H2,(H2,21,23,24). The number of hydrogen-bond donors (Lipinski definition) is 1. The molecule has 2 aliphatic rings. The van der Waals surface area contributed by atoms with Crippen LogP contribution in [0.25, 0.3) is 11.1 Å². The van der Waals surface area contributed by atoms with Gasteiger partial charge in [-0.15, -0.1) is 0 Å². The first kappa shape index (κ1) is 16.2. The first-order valence-corrected chi connectivity index (χ1v) is 9.62. The van der Waals surface area contributed by atoms with Gasteiger partial charge in [0.1, 0.15) is 5.82 Å². The van der Waals surface area contributed by atoms with E-state index >= 15 is 0 Å². The Kier molecular flexibility index (Phi) is 3.63. The summed E-state index contributed by atoms with van der Waals surface area (Å²) in [6, 6.07) is 9.59. The average molecular weight is 356 g/mol. The molecule has 0 bridgehead atoms. The van der Waals surface area contributed by atoms with Crippen molar-refractivity contribution in [1.82, 2.24) is 4.98 Å². The van der Waals surface area contributed by atoms with Crippen LogP contribution < -0.4 is 5.14 Å². The number of pyridine rings is 1. The molecule has 1 fully saturated rings. The molecule has 1 saturated carbocycles. The van der Waals surface area contributed by atoms with Gasteiger partial charge in [-0.3, -0.25) is 4.98 Å². The summed E-state index contributed by atoms with van der Waals surface area (Å²) < 4.78 is 36.1. The van der Waals surface area contributed by atoms with Gasteiger partial charge in [-0.1, -0.05) is 30.7 Å². The molecule has 128 valence electrons. The Hall–Kier alpha value is -2.31. The fraction of sp³-hybridized carbons (Fsp3) is 0.211. The first-order chi connectivity index (χ1) is 11.9. The zero-order valence-electron chi connectivity index (χ0n) is 13.4. The molecule has 2 aliphatic carbocycles. The zero-order valence-corrected chi connectivity index (χ0v) is 14.3. The van der Waals surface area contributed by atoms with Gasteiger partial charge in [-0.05, 0) is 48.2 Å². The number of nitrogens with zero attached hydrogens (tertiary/aromatic N) is 1. The second-order valence-electron chi connectivity index (χ2n) is 6.63. The van der Waals surface area contributed by atoms with E-state index in [9.17, 15) is 12.8 Å². The van der Waals surface area contributed by atoms with E-state index in [1.165, 1.54) is 30.8 Å². The van der Waals surface area contributed by atoms with Crippen LogP contribution in [0, 0.1) is 11.2 Å². The normalized spacial score (nSPS) is 18.6. The highest BCUT2D eigenvalue weighted by molar-refractivity contribution is 7.89. The van der Waals surface area contributed by atoms with Crippen molar-refractivity contribution in [2.75, 3.05) is 0 Å². The number of hydrogen-bond acceptors (Lipinski definition) is 3. The molecule has 4 nitrogen and oxygen atoms in total. The number of rotatable bonds is 3. The van der Waals surface area contributed by atoms with Crippen LogP contribution in [0.5, 0.6) is 0 Å². The zero-order chi connectivity index (χ0) is 17.7. The first-order valence-electron chi connectivity index (χ1n) is 8.08. The molecule has 25 heavy (non-hydrogen) atoms. The number of benzene rings is 1. The maximum Gasteiger partial charge on any atom is 0.238 e. The largest absolute Gasteiger partial charge is 0.253 e. The molecule has 1 aromatic carbocycles. The fourth-order valence-corrected chi connectivity index (χ4v) is 3.97. The number of nitrogens with two attached hydrogens (primary N) is 1. The summed E-state index contributed by atoms with van der Waals surface area (Å²) in [5.74, 6) is -0.372. The summed E-state index contributed by atoms with van der Waals surface area (Å²) >= 11 is 0. The van der Waals surface area contributed by atoms with E-state index in [4.69, 9.17) is 5.14 Å². The molecule has 6 heteroatoms. The van der Waals surface area contributed by atoms with Crippen molar-refractivity contribution < 1.29 is 12.8 Å². The van der Waals surface area contributed by atoms with E-state index < -0.39 is 10.0 Å². The van der Waals surface area contributed by atoms with E-state index in [-0.39, 0.29) is 16.1 Å². The molecule has 2 N–H and O–H groups in total. The molecule has 4 rings (SSSR count). The van der Waals surface area contributed by atoms with Crippen molar-refractivity contribution in [2.24, 2.45) is 10.6 Å². The second-order valence-corrected chi connectivity index (χ2v) is 8.20. The number of aromatic nitrogens is 1. The van der Waals surface area contributed by atoms with Crippen molar-refractivity contribution in [3.05, 3.63) is 71.8 Å². The lowest BCUT2D eigenvalue weighted by Crippen LogP contribution is -2.22. The molecule has 2 aromatic rings. The summed E-state index contributed by atoms with van der Waals surface area (Å²) in [5, 5.41) is 5.17. The Balaban J connectivity index is 1.77. The molecule has 1 spiro atoms. The average Bonchev–Trinajstić information content (AvgIpc) is 2.96. The minimum absolute atomic E-state index is 0.0410. The van der Waals surface area contributed by atoms with Gasteiger partial charge in [0, 0.05) is 11.0 Å². The third-order valence-corrected chi connectivity index (χ3v) is 5.86. The molecule has 0 unspecified atom stereocenters. The van der Waals surface area contributed by atoms with Gasteiger partial charge in [-0.25, -0.2) is 17.9 Å². The fourth-order valence-electron chi connectivity index (χ4n) is 3.46. The minimum Gasteiger partial charge on any atom is -0.253 e. The van der Waals surface area contributed by atoms with Crippen molar-refractivity contribution in [3.63, 3.8) is 0 Å². The van der Waals surface area contributed by atoms with Crippen LogP contribution in [0.2, 0.25) is 0 Å². The number of sulfonamides is 1. The van der Waals surface area contributed by atoms with Crippen LogP contribution in [0.1, 0.15) is 30.5 Å². The Labute approximate surface area is 146 Å². The molecule has 0 saturated heterocycles. The van der Waals surface area contributed by atoms with E-state index in [1.54, 1.807) is 18.2 Å². The predicted octanol–water partition coefficient (Wildman–Crippen LogP) is 3.52. The van der Waals surface area contributed by atoms with Crippen LogP contribution in [0.3, 0.4) is 0 Å². The summed E-state index contributed by atoms with van der Waals surface area (Å²) in [6.45, 7) is 0. The molecule has 0 aliphatic heterocycles. The Morgan fingerprint density at radius 3 is 2.20 bits per heavy atom. The van der Waals surface area contributed by atoms with Gasteiger partial charge < -0.3 is 0 Å². The number of halogens is 1. The minimum atomic E-state index is -3.72. The third-order valence-electron chi connectivity index (χ3n) is 4.94. The Morgan fingerprint density at radius 2 is 1.68 bits per heavy atom. The topological polar surface area (TPSA) is 73.1 Å². The van der Waals surface area contributed by atoms with E-state index in [0.717, 1.165) is 29.6 Å². The molecule has 0 atom stereocenters. The highest BCUT2D eigenvalue weighted by atomic mass is 32.2. The Morgan fingerprint density at radius 1 is 1.00 bits per heavy atom. The van der Waals surface area contributed by atoms with E-state index in [2.05, 4.69) is 17.1 Å². The quantitative estimate of drug-likeness (QED) is 0.914. The lowest BCUT2D eigenvalue weighted by atomic mass is 9.70. The van der Waals surface area contributed by atoms with Gasteiger partial charge in [0.15, 0.2) is 0 Å². The monoisotopic (exact) mass is 356 g/mol. The maximum absolute atomic E-state index is 13.2. The van der Waals surface area contributed by atoms with Crippen molar-refractivity contribution in [3.8, 4) is 0 Å². The van der Waals surface area contributed by atoms with Crippen LogP contribution in [0.15, 0.2) is 59.6 Å². The van der Waals surface area contributed by atoms with E-state index in [1.807, 2.05) is 0 Å². The highest BCUT2D eigenvalue weighted by Gasteiger charge is 2.38. The lowest BCUT2D eigenvalue weighted by molar-refractivity contribution is 0.282. The lowest BCUT2D eigenvalue weighted by Gasteiger charge is -2.34. The van der Waals surface area contributed by atoms with Crippen molar-refractivity contribution in [1.29, 1.82) is 0 Å². The van der Waals surface area contributed by atoms with E-state index in [0.29, 0.717) is 5.69 Å². The highest BCUT2D eigenvalue weighted by Crippen LogP contribution is 2.53. The molecular formula is C19H17FN2O2S. The molecule has 1 heterocycles. The van der Waals surface area contributed by atoms with Crippen LogP contribution in [-0.4, -0.2) is 13.4 Å². The Bertz CT molecular complexity index is 987. The SMILES string of the molecule is NS(=O)(=O)c1ccc(C2=CC3(C=C2c2ccc(F)cn2)CCC3)cc1. The smallest absolute Gasteiger partial charge is 0.238 e.